The third-order valence-corrected chi connectivity index (χ3v) is 6.13. The molecule has 0 radical (unpaired) electrons. The second-order valence-electron chi connectivity index (χ2n) is 8.68. The van der Waals surface area contributed by atoms with Crippen LogP contribution < -0.4 is 4.74 Å². The summed E-state index contributed by atoms with van der Waals surface area (Å²) in [5, 5.41) is 11.2. The lowest BCUT2D eigenvalue weighted by Crippen LogP contribution is -2.30. The molecular weight excluding hydrogens is 476 g/mol. The van der Waals surface area contributed by atoms with Gasteiger partial charge in [0, 0.05) is 30.2 Å². The van der Waals surface area contributed by atoms with E-state index in [1.807, 2.05) is 6.07 Å². The number of nitrogens with zero attached hydrogens (tertiary/aromatic N) is 2. The van der Waals surface area contributed by atoms with Gasteiger partial charge in [0.05, 0.1) is 10.5 Å². The van der Waals surface area contributed by atoms with E-state index in [1.54, 1.807) is 49.4 Å². The van der Waals surface area contributed by atoms with Gasteiger partial charge in [-0.05, 0) is 49.6 Å². The number of esters is 1. The summed E-state index contributed by atoms with van der Waals surface area (Å²) in [7, 11) is 0. The number of hydrogen-bond donors (Lipinski definition) is 0. The van der Waals surface area contributed by atoms with Crippen molar-refractivity contribution in [1.82, 2.24) is 4.90 Å². The van der Waals surface area contributed by atoms with Gasteiger partial charge in [0.15, 0.2) is 5.78 Å². The number of ketones is 1. The van der Waals surface area contributed by atoms with Crippen LogP contribution in [0.25, 0.3) is 0 Å². The van der Waals surface area contributed by atoms with E-state index in [0.717, 1.165) is 4.90 Å². The first-order valence-corrected chi connectivity index (χ1v) is 11.8. The SMILES string of the molecule is Cc1cc(C(=O)c2ccccc2)ccc1OC(=O)CCCCCN1C(=O)c2cccc([N+](=O)[O-])c2C1=O. The molecule has 1 aliphatic rings. The zero-order chi connectivity index (χ0) is 26.5. The largest absolute Gasteiger partial charge is 0.426 e. The van der Waals surface area contributed by atoms with Crippen LogP contribution >= 0.6 is 0 Å². The van der Waals surface area contributed by atoms with Gasteiger partial charge in [-0.2, -0.15) is 0 Å². The van der Waals surface area contributed by atoms with Crippen LogP contribution in [0, 0.1) is 17.0 Å². The van der Waals surface area contributed by atoms with E-state index in [2.05, 4.69) is 0 Å². The number of nitro benzene ring substituents is 1. The van der Waals surface area contributed by atoms with Gasteiger partial charge in [-0.25, -0.2) is 0 Å². The monoisotopic (exact) mass is 500 g/mol. The Morgan fingerprint density at radius 1 is 0.892 bits per heavy atom. The fourth-order valence-corrected chi connectivity index (χ4v) is 4.22. The lowest BCUT2D eigenvalue weighted by molar-refractivity contribution is -0.385. The van der Waals surface area contributed by atoms with Crippen molar-refractivity contribution in [2.24, 2.45) is 0 Å². The first-order chi connectivity index (χ1) is 17.8. The van der Waals surface area contributed by atoms with Crippen molar-refractivity contribution in [1.29, 1.82) is 0 Å². The van der Waals surface area contributed by atoms with Crippen LogP contribution in [0.4, 0.5) is 5.69 Å². The molecule has 0 saturated heterocycles. The summed E-state index contributed by atoms with van der Waals surface area (Å²) in [6.07, 6.45) is 1.61. The van der Waals surface area contributed by atoms with Crippen LogP contribution in [0.15, 0.2) is 66.7 Å². The van der Waals surface area contributed by atoms with Gasteiger partial charge in [0.25, 0.3) is 17.5 Å². The van der Waals surface area contributed by atoms with Crippen molar-refractivity contribution >= 4 is 29.3 Å². The number of imide groups is 1. The van der Waals surface area contributed by atoms with Crippen molar-refractivity contribution in [3.05, 3.63) is 105 Å². The van der Waals surface area contributed by atoms with Crippen molar-refractivity contribution < 1.29 is 28.8 Å². The standard InChI is InChI=1S/C28H24N2O7/c1-18-17-20(26(32)19-9-4-2-5-10-19)14-15-23(18)37-24(31)13-6-3-7-16-29-27(33)21-11-8-12-22(30(35)36)25(21)28(29)34/h2,4-5,8-12,14-15,17H,3,6-7,13,16H2,1H3. The van der Waals surface area contributed by atoms with Gasteiger partial charge in [0.2, 0.25) is 0 Å². The number of hydrogen-bond acceptors (Lipinski definition) is 7. The highest BCUT2D eigenvalue weighted by molar-refractivity contribution is 6.23. The smallest absolute Gasteiger partial charge is 0.311 e. The molecule has 1 aliphatic heterocycles. The summed E-state index contributed by atoms with van der Waals surface area (Å²) >= 11 is 0. The molecule has 0 saturated carbocycles. The van der Waals surface area contributed by atoms with Crippen LogP contribution in [-0.2, 0) is 4.79 Å². The Morgan fingerprint density at radius 2 is 1.65 bits per heavy atom. The van der Waals surface area contributed by atoms with Crippen LogP contribution in [0.1, 0.15) is 67.9 Å². The highest BCUT2D eigenvalue weighted by atomic mass is 16.6. The predicted octanol–water partition coefficient (Wildman–Crippen LogP) is 4.90. The number of benzene rings is 3. The molecule has 4 rings (SSSR count). The molecule has 0 N–H and O–H groups in total. The average Bonchev–Trinajstić information content (AvgIpc) is 3.14. The Balaban J connectivity index is 1.24. The molecule has 37 heavy (non-hydrogen) atoms. The van der Waals surface area contributed by atoms with Crippen LogP contribution in [0.3, 0.4) is 0 Å². The van der Waals surface area contributed by atoms with E-state index in [9.17, 15) is 29.3 Å². The van der Waals surface area contributed by atoms with Gasteiger partial charge in [-0.15, -0.1) is 0 Å². The predicted molar refractivity (Wildman–Crippen MR) is 134 cm³/mol. The van der Waals surface area contributed by atoms with E-state index in [4.69, 9.17) is 4.74 Å². The summed E-state index contributed by atoms with van der Waals surface area (Å²) in [6, 6.07) is 17.8. The highest BCUT2D eigenvalue weighted by Gasteiger charge is 2.40. The molecule has 0 atom stereocenters. The second-order valence-corrected chi connectivity index (χ2v) is 8.68. The maximum atomic E-state index is 12.6. The van der Waals surface area contributed by atoms with E-state index in [-0.39, 0.29) is 35.6 Å². The average molecular weight is 501 g/mol. The Bertz CT molecular complexity index is 1400. The summed E-state index contributed by atoms with van der Waals surface area (Å²) in [5.41, 5.74) is 1.22. The molecule has 3 aromatic carbocycles. The van der Waals surface area contributed by atoms with Crippen LogP contribution in [-0.4, -0.2) is 39.9 Å². The summed E-state index contributed by atoms with van der Waals surface area (Å²) in [6.45, 7) is 1.87. The number of amides is 2. The summed E-state index contributed by atoms with van der Waals surface area (Å²) in [4.78, 5) is 61.6. The zero-order valence-electron chi connectivity index (χ0n) is 20.1. The van der Waals surface area contributed by atoms with Gasteiger partial charge < -0.3 is 4.74 Å². The molecule has 9 nitrogen and oxygen atoms in total. The number of fused-ring (bicyclic) bond motifs is 1. The fraction of sp³-hybridized carbons (Fsp3) is 0.214. The molecule has 9 heteroatoms. The minimum absolute atomic E-state index is 0.0367. The Labute approximate surface area is 212 Å². The van der Waals surface area contributed by atoms with E-state index < -0.39 is 22.7 Å². The molecule has 0 bridgehead atoms. The molecule has 2 amide bonds. The number of rotatable bonds is 10. The van der Waals surface area contributed by atoms with Crippen molar-refractivity contribution in [2.75, 3.05) is 6.54 Å². The van der Waals surface area contributed by atoms with Crippen LogP contribution in [0.5, 0.6) is 5.75 Å². The molecule has 0 unspecified atom stereocenters. The highest BCUT2D eigenvalue weighted by Crippen LogP contribution is 2.31. The normalized spacial score (nSPS) is 12.4. The third kappa shape index (κ3) is 5.45. The van der Waals surface area contributed by atoms with Gasteiger partial charge in [0.1, 0.15) is 11.3 Å². The third-order valence-electron chi connectivity index (χ3n) is 6.13. The van der Waals surface area contributed by atoms with Crippen molar-refractivity contribution in [3.8, 4) is 5.75 Å². The molecule has 0 aromatic heterocycles. The topological polar surface area (TPSA) is 124 Å². The quantitative estimate of drug-likeness (QED) is 0.0738. The number of aryl methyl sites for hydroxylation is 1. The van der Waals surface area contributed by atoms with Gasteiger partial charge in [-0.1, -0.05) is 42.8 Å². The molecule has 1 heterocycles. The number of nitro groups is 1. The summed E-state index contributed by atoms with van der Waals surface area (Å²) < 4.78 is 5.44. The first kappa shape index (κ1) is 25.4. The minimum Gasteiger partial charge on any atom is -0.426 e. The number of unbranched alkanes of at least 4 members (excludes halogenated alkanes) is 2. The van der Waals surface area contributed by atoms with Crippen molar-refractivity contribution in [2.45, 2.75) is 32.6 Å². The van der Waals surface area contributed by atoms with Crippen LogP contribution in [0.2, 0.25) is 0 Å². The number of ether oxygens (including phenoxy) is 1. The molecule has 0 fully saturated rings. The first-order valence-electron chi connectivity index (χ1n) is 11.8. The molecule has 0 spiro atoms. The lowest BCUT2D eigenvalue weighted by Gasteiger charge is -2.13. The van der Waals surface area contributed by atoms with Gasteiger partial charge in [-0.3, -0.25) is 34.2 Å². The molecule has 0 aliphatic carbocycles. The van der Waals surface area contributed by atoms with Crippen molar-refractivity contribution in [3.63, 3.8) is 0 Å². The molecule has 188 valence electrons. The molecule has 3 aromatic rings. The number of carbonyl (C=O) groups excluding carboxylic acids is 4. The maximum Gasteiger partial charge on any atom is 0.311 e. The van der Waals surface area contributed by atoms with E-state index in [0.29, 0.717) is 41.7 Å². The Hall–Kier alpha value is -4.66. The Kier molecular flexibility index (Phi) is 7.52. The van der Waals surface area contributed by atoms with E-state index in [1.165, 1.54) is 18.2 Å². The lowest BCUT2D eigenvalue weighted by atomic mass is 10.0. The summed E-state index contributed by atoms with van der Waals surface area (Å²) in [5.74, 6) is -1.39. The van der Waals surface area contributed by atoms with E-state index >= 15 is 0 Å². The Morgan fingerprint density at radius 3 is 2.35 bits per heavy atom. The minimum atomic E-state index is -0.671. The maximum absolute atomic E-state index is 12.6. The zero-order valence-corrected chi connectivity index (χ0v) is 20.1. The van der Waals surface area contributed by atoms with Gasteiger partial charge >= 0.3 is 5.97 Å². The number of carbonyl (C=O) groups is 4. The fourth-order valence-electron chi connectivity index (χ4n) is 4.22. The molecular formula is C28H24N2O7. The second kappa shape index (κ2) is 10.9.